The van der Waals surface area contributed by atoms with Gasteiger partial charge in [0.2, 0.25) is 11.8 Å². The minimum absolute atomic E-state index is 0.0112. The van der Waals surface area contributed by atoms with Crippen LogP contribution in [0.3, 0.4) is 0 Å². The molecule has 0 radical (unpaired) electrons. The van der Waals surface area contributed by atoms with Crippen molar-refractivity contribution in [1.82, 2.24) is 10.2 Å². The monoisotopic (exact) mass is 785 g/mol. The predicted octanol–water partition coefficient (Wildman–Crippen LogP) is 5.58. The molecule has 3 saturated carbocycles. The Morgan fingerprint density at radius 2 is 1.55 bits per heavy atom. The molecule has 310 valence electrons. The van der Waals surface area contributed by atoms with Crippen molar-refractivity contribution in [2.75, 3.05) is 13.1 Å². The van der Waals surface area contributed by atoms with Crippen molar-refractivity contribution >= 4 is 37.2 Å². The van der Waals surface area contributed by atoms with Crippen LogP contribution < -0.4 is 20.5 Å². The van der Waals surface area contributed by atoms with Gasteiger partial charge in [0.05, 0.1) is 31.2 Å². The summed E-state index contributed by atoms with van der Waals surface area (Å²) in [6, 6.07) is 2.06. The van der Waals surface area contributed by atoms with Crippen LogP contribution in [0.25, 0.3) is 0 Å². The van der Waals surface area contributed by atoms with Gasteiger partial charge in [0.15, 0.2) is 5.75 Å². The summed E-state index contributed by atoms with van der Waals surface area (Å²) in [5.74, 6) is -1.17. The van der Waals surface area contributed by atoms with Crippen molar-refractivity contribution < 1.29 is 57.0 Å². The summed E-state index contributed by atoms with van der Waals surface area (Å²) in [4.78, 5) is 66.3. The van der Waals surface area contributed by atoms with Gasteiger partial charge in [0.1, 0.15) is 40.3 Å². The quantitative estimate of drug-likeness (QED) is 0.123. The molecule has 1 aromatic carbocycles. The number of esters is 1. The van der Waals surface area contributed by atoms with Crippen molar-refractivity contribution in [3.63, 3.8) is 0 Å². The van der Waals surface area contributed by atoms with Crippen molar-refractivity contribution in [2.24, 2.45) is 23.0 Å². The molecule has 6 rings (SSSR count). The third-order valence-corrected chi connectivity index (χ3v) is 10.9. The predicted molar refractivity (Wildman–Crippen MR) is 205 cm³/mol. The van der Waals surface area contributed by atoms with Crippen molar-refractivity contribution in [3.8, 4) is 11.5 Å². The molecule has 1 aromatic rings. The maximum atomic E-state index is 14.0. The number of carbonyl (C=O) groups excluding carboxylic acids is 5. The fourth-order valence-corrected chi connectivity index (χ4v) is 8.19. The second-order valence-electron chi connectivity index (χ2n) is 19.3. The smallest absolute Gasteiger partial charge is 0.486 e. The highest BCUT2D eigenvalue weighted by Gasteiger charge is 2.67. The van der Waals surface area contributed by atoms with Gasteiger partial charge >= 0.3 is 25.3 Å². The first kappa shape index (κ1) is 43.1. The number of likely N-dealkylation sites (tertiary alicyclic amines) is 1. The summed E-state index contributed by atoms with van der Waals surface area (Å²) >= 11 is 0. The number of ether oxygens (including phenoxy) is 5. The standard InChI is InChI=1S/C40H60BN3O12/c1-36(2,3)52-33(47)30-26(50-24-20-44(21-24)32(46)25(19-29(42)45)43-34(48)53-37(4,5)6)14-13-22(31(30)51-35(49)54-38(7,8)9)15-16-41-55-28-18-23-17-27(39(23,10)11)40(28,12)56-41/h13-14,23-25,27-28H,15-21H2,1-12H3,(H2,42,45)(H,43,48)/t23-,25-,27-,28+,40-/m0/s1. The lowest BCUT2D eigenvalue weighted by Crippen LogP contribution is -2.65. The van der Waals surface area contributed by atoms with E-state index in [-0.39, 0.29) is 41.7 Å². The summed E-state index contributed by atoms with van der Waals surface area (Å²) < 4.78 is 41.8. The lowest BCUT2D eigenvalue weighted by molar-refractivity contribution is -0.199. The molecule has 56 heavy (non-hydrogen) atoms. The van der Waals surface area contributed by atoms with Crippen LogP contribution in [0.15, 0.2) is 12.1 Å². The Morgan fingerprint density at radius 1 is 0.929 bits per heavy atom. The Labute approximate surface area is 330 Å². The van der Waals surface area contributed by atoms with E-state index in [0.717, 1.165) is 12.8 Å². The zero-order chi connectivity index (χ0) is 41.8. The Kier molecular flexibility index (Phi) is 11.8. The van der Waals surface area contributed by atoms with E-state index in [1.807, 2.05) is 0 Å². The van der Waals surface area contributed by atoms with Gasteiger partial charge in [0.25, 0.3) is 0 Å². The molecule has 2 saturated heterocycles. The number of primary amides is 1. The number of aryl methyl sites for hydroxylation is 1. The van der Waals surface area contributed by atoms with Crippen LogP contribution in [0.1, 0.15) is 118 Å². The summed E-state index contributed by atoms with van der Waals surface area (Å²) in [5, 5.41) is 2.43. The number of alkyl carbamates (subject to hydrolysis) is 1. The van der Waals surface area contributed by atoms with Gasteiger partial charge in [-0.1, -0.05) is 19.9 Å². The van der Waals surface area contributed by atoms with Crippen molar-refractivity contribution in [1.29, 1.82) is 0 Å². The molecule has 15 nitrogen and oxygen atoms in total. The molecule has 2 heterocycles. The van der Waals surface area contributed by atoms with Gasteiger partial charge in [-0.3, -0.25) is 9.59 Å². The molecule has 3 amide bonds. The molecular weight excluding hydrogens is 725 g/mol. The van der Waals surface area contributed by atoms with E-state index in [4.69, 9.17) is 38.7 Å². The van der Waals surface area contributed by atoms with Crippen LogP contribution in [0, 0.1) is 17.3 Å². The Morgan fingerprint density at radius 3 is 2.12 bits per heavy atom. The molecule has 5 atom stereocenters. The number of amides is 3. The summed E-state index contributed by atoms with van der Waals surface area (Å²) in [6.45, 7) is 22.1. The largest absolute Gasteiger partial charge is 0.514 e. The molecule has 0 unspecified atom stereocenters. The molecule has 5 aliphatic rings. The van der Waals surface area contributed by atoms with E-state index in [0.29, 0.717) is 30.1 Å². The highest BCUT2D eigenvalue weighted by molar-refractivity contribution is 6.45. The van der Waals surface area contributed by atoms with E-state index in [1.54, 1.807) is 74.4 Å². The molecule has 2 aliphatic heterocycles. The summed E-state index contributed by atoms with van der Waals surface area (Å²) in [6.07, 6.45) is -0.159. The number of nitrogens with one attached hydrogen (secondary N) is 1. The highest BCUT2D eigenvalue weighted by Crippen LogP contribution is 2.65. The third kappa shape index (κ3) is 9.90. The first-order valence-electron chi connectivity index (χ1n) is 19.5. The first-order valence-corrected chi connectivity index (χ1v) is 19.5. The van der Waals surface area contributed by atoms with Crippen molar-refractivity contribution in [3.05, 3.63) is 23.3 Å². The molecule has 3 aliphatic carbocycles. The SMILES string of the molecule is CC(C)(C)OC(=O)N[C@@H](CC(N)=O)C(=O)N1CC(Oc2ccc(CCB3O[C@@H]4C[C@@H]5C[C@@H](C5(C)C)[C@]4(C)O3)c(OC(=O)OC(C)(C)C)c2C(=O)OC(C)(C)C)C1. The number of carbonyl (C=O) groups is 5. The second kappa shape index (κ2) is 15.4. The number of nitrogens with zero attached hydrogens (tertiary/aromatic N) is 1. The minimum Gasteiger partial charge on any atom is -0.486 e. The number of hydrogen-bond donors (Lipinski definition) is 2. The number of nitrogens with two attached hydrogens (primary N) is 1. The van der Waals surface area contributed by atoms with Crippen LogP contribution in [0.4, 0.5) is 9.59 Å². The molecule has 5 fully saturated rings. The number of hydrogen-bond acceptors (Lipinski definition) is 12. The maximum Gasteiger partial charge on any atom is 0.514 e. The van der Waals surface area contributed by atoms with E-state index >= 15 is 0 Å². The van der Waals surface area contributed by atoms with Crippen LogP contribution >= 0.6 is 0 Å². The van der Waals surface area contributed by atoms with Gasteiger partial charge < -0.3 is 48.9 Å². The van der Waals surface area contributed by atoms with Crippen LogP contribution in [-0.4, -0.2) is 95.8 Å². The van der Waals surface area contributed by atoms with E-state index in [2.05, 4.69) is 26.1 Å². The first-order chi connectivity index (χ1) is 25.6. The molecule has 0 spiro atoms. The maximum absolute atomic E-state index is 14.0. The molecule has 16 heteroatoms. The van der Waals surface area contributed by atoms with Gasteiger partial charge in [0, 0.05) is 0 Å². The topological polar surface area (TPSA) is 191 Å². The molecule has 3 N–H and O–H groups in total. The van der Waals surface area contributed by atoms with Crippen LogP contribution in [-0.2, 0) is 39.5 Å². The number of benzene rings is 1. The molecule has 2 bridgehead atoms. The number of rotatable bonds is 11. The van der Waals surface area contributed by atoms with Gasteiger partial charge in [-0.25, -0.2) is 14.4 Å². The van der Waals surface area contributed by atoms with Gasteiger partial charge in [-0.2, -0.15) is 0 Å². The Bertz CT molecular complexity index is 1710. The average molecular weight is 786 g/mol. The average Bonchev–Trinajstić information content (AvgIpc) is 3.34. The fraction of sp³-hybridized carbons (Fsp3) is 0.725. The second-order valence-corrected chi connectivity index (χ2v) is 19.3. The fourth-order valence-electron chi connectivity index (χ4n) is 8.19. The molecule has 0 aromatic heterocycles. The summed E-state index contributed by atoms with van der Waals surface area (Å²) in [5.41, 5.74) is 2.91. The normalized spacial score (nSPS) is 24.8. The highest BCUT2D eigenvalue weighted by atomic mass is 16.7. The Hall–Kier alpha value is -4.05. The lowest BCUT2D eigenvalue weighted by atomic mass is 9.43. The van der Waals surface area contributed by atoms with Crippen molar-refractivity contribution in [2.45, 2.75) is 156 Å². The lowest BCUT2D eigenvalue weighted by Gasteiger charge is -2.64. The summed E-state index contributed by atoms with van der Waals surface area (Å²) in [7, 11) is -0.503. The van der Waals surface area contributed by atoms with E-state index in [1.165, 1.54) is 4.90 Å². The van der Waals surface area contributed by atoms with Crippen LogP contribution in [0.2, 0.25) is 6.32 Å². The van der Waals surface area contributed by atoms with E-state index in [9.17, 15) is 24.0 Å². The van der Waals surface area contributed by atoms with Gasteiger partial charge in [-0.05, 0) is 124 Å². The zero-order valence-corrected chi connectivity index (χ0v) is 35.0. The minimum atomic E-state index is -1.26. The van der Waals surface area contributed by atoms with Crippen LogP contribution in [0.5, 0.6) is 11.5 Å². The zero-order valence-electron chi connectivity index (χ0n) is 35.0. The molecular formula is C40H60BN3O12. The Balaban J connectivity index is 1.38. The van der Waals surface area contributed by atoms with Gasteiger partial charge in [-0.15, -0.1) is 0 Å². The third-order valence-electron chi connectivity index (χ3n) is 10.9. The van der Waals surface area contributed by atoms with E-state index < -0.39 is 78.1 Å².